The van der Waals surface area contributed by atoms with Crippen LogP contribution in [0.5, 0.6) is 0 Å². The van der Waals surface area contributed by atoms with Crippen molar-refractivity contribution in [3.63, 3.8) is 0 Å². The molecule has 0 spiro atoms. The molecule has 0 bridgehead atoms. The third-order valence-electron chi connectivity index (χ3n) is 4.76. The van der Waals surface area contributed by atoms with Gasteiger partial charge in [-0.25, -0.2) is 0 Å². The zero-order valence-electron chi connectivity index (χ0n) is 15.9. The van der Waals surface area contributed by atoms with Gasteiger partial charge >= 0.3 is 0 Å². The maximum absolute atomic E-state index is 12.5. The van der Waals surface area contributed by atoms with E-state index in [1.165, 1.54) is 0 Å². The zero-order valence-corrected chi connectivity index (χ0v) is 17.4. The van der Waals surface area contributed by atoms with Crippen molar-refractivity contribution in [2.75, 3.05) is 44.6 Å². The lowest BCUT2D eigenvalue weighted by Gasteiger charge is -2.37. The van der Waals surface area contributed by atoms with Crippen molar-refractivity contribution in [3.8, 4) is 0 Å². The lowest BCUT2D eigenvalue weighted by molar-refractivity contribution is -0.124. The van der Waals surface area contributed by atoms with E-state index in [1.807, 2.05) is 6.92 Å². The Morgan fingerprint density at radius 2 is 1.89 bits per heavy atom. The monoisotopic (exact) mass is 414 g/mol. The average molecular weight is 415 g/mol. The molecule has 1 fully saturated rings. The highest BCUT2D eigenvalue weighted by Gasteiger charge is 2.26. The first kappa shape index (κ1) is 22.0. The molecule has 1 saturated heterocycles. The van der Waals surface area contributed by atoms with Crippen LogP contribution in [0, 0.1) is 0 Å². The van der Waals surface area contributed by atoms with Crippen molar-refractivity contribution >= 4 is 40.7 Å². The number of benzene rings is 1. The number of carbonyl (C=O) groups is 2. The Hall–Kier alpha value is -1.34. The van der Waals surface area contributed by atoms with E-state index in [9.17, 15) is 9.59 Å². The van der Waals surface area contributed by atoms with E-state index in [0.717, 1.165) is 45.6 Å². The SMILES string of the molecule is CCCCNC(=O)CN1CCN(C(C)C(=O)Nc2cccc(Cl)c2Cl)CC1. The molecule has 27 heavy (non-hydrogen) atoms. The second-order valence-corrected chi connectivity index (χ2v) is 7.57. The fourth-order valence-corrected chi connectivity index (χ4v) is 3.32. The van der Waals surface area contributed by atoms with Crippen LogP contribution in [-0.2, 0) is 9.59 Å². The van der Waals surface area contributed by atoms with Gasteiger partial charge in [-0.3, -0.25) is 19.4 Å². The van der Waals surface area contributed by atoms with Crippen LogP contribution in [0.2, 0.25) is 10.0 Å². The summed E-state index contributed by atoms with van der Waals surface area (Å²) in [6.45, 7) is 8.12. The molecule has 1 aromatic carbocycles. The number of rotatable bonds is 8. The van der Waals surface area contributed by atoms with Gasteiger partial charge in [0, 0.05) is 32.7 Å². The van der Waals surface area contributed by atoms with Gasteiger partial charge < -0.3 is 10.6 Å². The summed E-state index contributed by atoms with van der Waals surface area (Å²) >= 11 is 12.1. The highest BCUT2D eigenvalue weighted by Crippen LogP contribution is 2.29. The van der Waals surface area contributed by atoms with Crippen LogP contribution in [0.25, 0.3) is 0 Å². The van der Waals surface area contributed by atoms with Gasteiger partial charge in [0.05, 0.1) is 28.3 Å². The Bertz CT molecular complexity index is 649. The molecule has 1 aliphatic rings. The third kappa shape index (κ3) is 6.64. The van der Waals surface area contributed by atoms with Crippen molar-refractivity contribution in [2.45, 2.75) is 32.7 Å². The summed E-state index contributed by atoms with van der Waals surface area (Å²) in [5, 5.41) is 6.54. The second kappa shape index (κ2) is 10.9. The van der Waals surface area contributed by atoms with Crippen molar-refractivity contribution in [2.24, 2.45) is 0 Å². The van der Waals surface area contributed by atoms with E-state index in [4.69, 9.17) is 23.2 Å². The molecule has 0 radical (unpaired) electrons. The number of carbonyl (C=O) groups excluding carboxylic acids is 2. The molecular weight excluding hydrogens is 387 g/mol. The molecule has 2 N–H and O–H groups in total. The van der Waals surface area contributed by atoms with E-state index >= 15 is 0 Å². The van der Waals surface area contributed by atoms with Gasteiger partial charge in [-0.15, -0.1) is 0 Å². The number of hydrogen-bond acceptors (Lipinski definition) is 4. The first-order valence-electron chi connectivity index (χ1n) is 9.40. The molecule has 0 aliphatic carbocycles. The molecule has 8 heteroatoms. The maximum Gasteiger partial charge on any atom is 0.241 e. The van der Waals surface area contributed by atoms with E-state index < -0.39 is 0 Å². The summed E-state index contributed by atoms with van der Waals surface area (Å²) in [6, 6.07) is 4.87. The molecular formula is C19H28Cl2N4O2. The number of hydrogen-bond donors (Lipinski definition) is 2. The van der Waals surface area contributed by atoms with Crippen LogP contribution in [0.3, 0.4) is 0 Å². The Morgan fingerprint density at radius 1 is 1.19 bits per heavy atom. The van der Waals surface area contributed by atoms with Crippen LogP contribution in [0.4, 0.5) is 5.69 Å². The fraction of sp³-hybridized carbons (Fsp3) is 0.579. The van der Waals surface area contributed by atoms with Crippen LogP contribution < -0.4 is 10.6 Å². The lowest BCUT2D eigenvalue weighted by atomic mass is 10.2. The van der Waals surface area contributed by atoms with Crippen molar-refractivity contribution in [1.82, 2.24) is 15.1 Å². The highest BCUT2D eigenvalue weighted by atomic mass is 35.5. The standard InChI is InChI=1S/C19H28Cl2N4O2/c1-3-4-8-22-17(26)13-24-9-11-25(12-10-24)14(2)19(27)23-16-7-5-6-15(20)18(16)21/h5-7,14H,3-4,8-13H2,1-2H3,(H,22,26)(H,23,27). The molecule has 1 heterocycles. The zero-order chi connectivity index (χ0) is 19.8. The van der Waals surface area contributed by atoms with Gasteiger partial charge in [0.15, 0.2) is 0 Å². The minimum atomic E-state index is -0.291. The highest BCUT2D eigenvalue weighted by molar-refractivity contribution is 6.44. The van der Waals surface area contributed by atoms with Crippen LogP contribution in [0.15, 0.2) is 18.2 Å². The molecule has 1 aliphatic heterocycles. The third-order valence-corrected chi connectivity index (χ3v) is 5.58. The first-order chi connectivity index (χ1) is 12.9. The lowest BCUT2D eigenvalue weighted by Crippen LogP contribution is -2.54. The molecule has 1 unspecified atom stereocenters. The number of nitrogens with zero attached hydrogens (tertiary/aromatic N) is 2. The van der Waals surface area contributed by atoms with Crippen molar-refractivity contribution < 1.29 is 9.59 Å². The summed E-state index contributed by atoms with van der Waals surface area (Å²) in [6.07, 6.45) is 2.07. The number of piperazine rings is 1. The quantitative estimate of drug-likeness (QED) is 0.641. The normalized spacial score (nSPS) is 16.7. The van der Waals surface area contributed by atoms with Crippen molar-refractivity contribution in [3.05, 3.63) is 28.2 Å². The number of nitrogens with one attached hydrogen (secondary N) is 2. The maximum atomic E-state index is 12.5. The number of halogens is 2. The van der Waals surface area contributed by atoms with Crippen LogP contribution in [0.1, 0.15) is 26.7 Å². The van der Waals surface area contributed by atoms with Gasteiger partial charge in [-0.2, -0.15) is 0 Å². The van der Waals surface area contributed by atoms with E-state index in [-0.39, 0.29) is 17.9 Å². The first-order valence-corrected chi connectivity index (χ1v) is 10.2. The largest absolute Gasteiger partial charge is 0.355 e. The summed E-state index contributed by atoms with van der Waals surface area (Å²) < 4.78 is 0. The van der Waals surface area contributed by atoms with E-state index in [2.05, 4.69) is 27.4 Å². The van der Waals surface area contributed by atoms with E-state index in [1.54, 1.807) is 18.2 Å². The predicted octanol–water partition coefficient (Wildman–Crippen LogP) is 2.85. The van der Waals surface area contributed by atoms with Gasteiger partial charge in [-0.1, -0.05) is 42.6 Å². The summed E-state index contributed by atoms with van der Waals surface area (Å²) in [5.41, 5.74) is 0.517. The number of amides is 2. The summed E-state index contributed by atoms with van der Waals surface area (Å²) in [4.78, 5) is 28.7. The molecule has 2 rings (SSSR count). The molecule has 1 atom stereocenters. The predicted molar refractivity (Wildman–Crippen MR) is 110 cm³/mol. The number of unbranched alkanes of at least 4 members (excludes halogenated alkanes) is 1. The average Bonchev–Trinajstić information content (AvgIpc) is 2.65. The molecule has 0 aromatic heterocycles. The van der Waals surface area contributed by atoms with Crippen LogP contribution in [-0.4, -0.2) is 66.9 Å². The Morgan fingerprint density at radius 3 is 2.56 bits per heavy atom. The molecule has 0 saturated carbocycles. The van der Waals surface area contributed by atoms with Gasteiger partial charge in [0.2, 0.25) is 11.8 Å². The van der Waals surface area contributed by atoms with E-state index in [0.29, 0.717) is 22.3 Å². The summed E-state index contributed by atoms with van der Waals surface area (Å²) in [7, 11) is 0. The van der Waals surface area contributed by atoms with Crippen molar-refractivity contribution in [1.29, 1.82) is 0 Å². The minimum Gasteiger partial charge on any atom is -0.355 e. The fourth-order valence-electron chi connectivity index (χ4n) is 2.98. The van der Waals surface area contributed by atoms with Gasteiger partial charge in [-0.05, 0) is 25.5 Å². The number of anilines is 1. The summed E-state index contributed by atoms with van der Waals surface area (Å²) in [5.74, 6) is -0.0526. The molecule has 150 valence electrons. The van der Waals surface area contributed by atoms with Gasteiger partial charge in [0.25, 0.3) is 0 Å². The Balaban J connectivity index is 1.78. The Labute approximate surface area is 171 Å². The Kier molecular flexibility index (Phi) is 8.83. The smallest absolute Gasteiger partial charge is 0.241 e. The topological polar surface area (TPSA) is 64.7 Å². The molecule has 1 aromatic rings. The minimum absolute atomic E-state index is 0.0679. The van der Waals surface area contributed by atoms with Crippen LogP contribution >= 0.6 is 23.2 Å². The van der Waals surface area contributed by atoms with Gasteiger partial charge in [0.1, 0.15) is 0 Å². The second-order valence-electron chi connectivity index (χ2n) is 6.78. The molecule has 2 amide bonds. The molecule has 6 nitrogen and oxygen atoms in total.